The number of likely N-dealkylation sites (tertiary alicyclic amines) is 1. The van der Waals surface area contributed by atoms with Gasteiger partial charge in [0.05, 0.1) is 0 Å². The fourth-order valence-corrected chi connectivity index (χ4v) is 3.57. The fourth-order valence-electron chi connectivity index (χ4n) is 3.57. The summed E-state index contributed by atoms with van der Waals surface area (Å²) < 4.78 is 0. The molecule has 1 fully saturated rings. The molecule has 19 heavy (non-hydrogen) atoms. The van der Waals surface area contributed by atoms with E-state index in [4.69, 9.17) is 5.73 Å². The van der Waals surface area contributed by atoms with Gasteiger partial charge in [0.15, 0.2) is 0 Å². The Morgan fingerprint density at radius 1 is 1.37 bits per heavy atom. The van der Waals surface area contributed by atoms with Crippen LogP contribution in [-0.2, 0) is 6.42 Å². The highest BCUT2D eigenvalue weighted by atomic mass is 15.2. The summed E-state index contributed by atoms with van der Waals surface area (Å²) in [6.45, 7) is 5.91. The second-order valence-electron chi connectivity index (χ2n) is 5.95. The number of aryl methyl sites for hydroxylation is 1. The van der Waals surface area contributed by atoms with Gasteiger partial charge in [-0.3, -0.25) is 0 Å². The van der Waals surface area contributed by atoms with Crippen molar-refractivity contribution < 1.29 is 0 Å². The van der Waals surface area contributed by atoms with E-state index in [1.807, 2.05) is 6.07 Å². The van der Waals surface area contributed by atoms with Gasteiger partial charge in [-0.15, -0.1) is 0 Å². The van der Waals surface area contributed by atoms with Crippen molar-refractivity contribution in [2.45, 2.75) is 44.7 Å². The van der Waals surface area contributed by atoms with Crippen molar-refractivity contribution in [3.8, 4) is 0 Å². The Balaban J connectivity index is 1.66. The van der Waals surface area contributed by atoms with Crippen LogP contribution in [0, 0.1) is 0 Å². The Bertz CT molecular complexity index is 444. The molecule has 3 heteroatoms. The number of piperidine rings is 1. The van der Waals surface area contributed by atoms with Crippen LogP contribution in [-0.4, -0.2) is 30.6 Å². The molecule has 1 saturated heterocycles. The third kappa shape index (κ3) is 2.77. The molecule has 0 spiro atoms. The number of likely N-dealkylation sites (N-methyl/N-ethyl adjacent to an activating group) is 1. The Morgan fingerprint density at radius 2 is 2.26 bits per heavy atom. The molecule has 1 aliphatic heterocycles. The number of hydrogen-bond acceptors (Lipinski definition) is 3. The second kappa shape index (κ2) is 5.51. The van der Waals surface area contributed by atoms with Gasteiger partial charge in [-0.05, 0) is 62.0 Å². The summed E-state index contributed by atoms with van der Waals surface area (Å²) in [6, 6.07) is 7.60. The molecule has 0 amide bonds. The molecule has 0 radical (unpaired) electrons. The molecule has 3 N–H and O–H groups in total. The first kappa shape index (κ1) is 12.9. The van der Waals surface area contributed by atoms with Crippen LogP contribution in [0.15, 0.2) is 18.2 Å². The fraction of sp³-hybridized carbons (Fsp3) is 0.625. The molecule has 0 saturated carbocycles. The van der Waals surface area contributed by atoms with Crippen molar-refractivity contribution in [2.75, 3.05) is 25.4 Å². The molecule has 0 bridgehead atoms. The molecule has 2 aliphatic rings. The van der Waals surface area contributed by atoms with Crippen molar-refractivity contribution in [3.63, 3.8) is 0 Å². The van der Waals surface area contributed by atoms with E-state index in [1.54, 1.807) is 0 Å². The molecule has 1 heterocycles. The monoisotopic (exact) mass is 259 g/mol. The maximum Gasteiger partial charge on any atom is 0.0329 e. The highest BCUT2D eigenvalue weighted by Crippen LogP contribution is 2.33. The molecular weight excluding hydrogens is 234 g/mol. The van der Waals surface area contributed by atoms with Crippen molar-refractivity contribution in [2.24, 2.45) is 0 Å². The number of nitrogens with zero attached hydrogens (tertiary/aromatic N) is 1. The summed E-state index contributed by atoms with van der Waals surface area (Å²) in [5, 5.41) is 3.88. The van der Waals surface area contributed by atoms with E-state index in [0.29, 0.717) is 12.1 Å². The van der Waals surface area contributed by atoms with Gasteiger partial charge < -0.3 is 16.0 Å². The molecule has 2 atom stereocenters. The van der Waals surface area contributed by atoms with E-state index < -0.39 is 0 Å². The van der Waals surface area contributed by atoms with Crippen LogP contribution in [0.5, 0.6) is 0 Å². The van der Waals surface area contributed by atoms with Gasteiger partial charge in [0.25, 0.3) is 0 Å². The lowest BCUT2D eigenvalue weighted by Gasteiger charge is -2.34. The minimum absolute atomic E-state index is 0.539. The number of nitrogen functional groups attached to an aromatic ring is 1. The summed E-state index contributed by atoms with van der Waals surface area (Å²) >= 11 is 0. The van der Waals surface area contributed by atoms with E-state index in [0.717, 1.165) is 5.69 Å². The number of nitrogens with two attached hydrogens (primary N) is 1. The van der Waals surface area contributed by atoms with Crippen LogP contribution in [0.25, 0.3) is 0 Å². The minimum atomic E-state index is 0.539. The normalized spacial score (nSPS) is 27.4. The Morgan fingerprint density at radius 3 is 3.11 bits per heavy atom. The smallest absolute Gasteiger partial charge is 0.0329 e. The number of hydrogen-bond donors (Lipinski definition) is 2. The van der Waals surface area contributed by atoms with Gasteiger partial charge >= 0.3 is 0 Å². The molecule has 3 rings (SSSR count). The second-order valence-corrected chi connectivity index (χ2v) is 5.95. The first-order valence-corrected chi connectivity index (χ1v) is 7.63. The number of anilines is 1. The maximum atomic E-state index is 5.87. The first-order valence-electron chi connectivity index (χ1n) is 7.63. The summed E-state index contributed by atoms with van der Waals surface area (Å²) in [7, 11) is 0. The molecule has 1 aliphatic carbocycles. The zero-order valence-corrected chi connectivity index (χ0v) is 11.9. The number of nitrogens with one attached hydrogen (secondary N) is 1. The van der Waals surface area contributed by atoms with Crippen LogP contribution in [0.1, 0.15) is 43.4 Å². The van der Waals surface area contributed by atoms with Gasteiger partial charge in [-0.2, -0.15) is 0 Å². The van der Waals surface area contributed by atoms with Gasteiger partial charge in [0, 0.05) is 24.3 Å². The van der Waals surface area contributed by atoms with E-state index in [-0.39, 0.29) is 0 Å². The topological polar surface area (TPSA) is 41.3 Å². The standard InChI is InChI=1S/C16H25N3/c1-2-19-9-3-4-14(11-19)18-16-8-5-12-10-13(17)6-7-15(12)16/h6-7,10,14,16,18H,2-5,8-9,11,17H2,1H3. The highest BCUT2D eigenvalue weighted by molar-refractivity contribution is 5.47. The van der Waals surface area contributed by atoms with E-state index >= 15 is 0 Å². The third-order valence-electron chi connectivity index (χ3n) is 4.63. The summed E-state index contributed by atoms with van der Waals surface area (Å²) in [4.78, 5) is 2.56. The van der Waals surface area contributed by atoms with Crippen molar-refractivity contribution in [1.82, 2.24) is 10.2 Å². The van der Waals surface area contributed by atoms with Gasteiger partial charge in [-0.25, -0.2) is 0 Å². The highest BCUT2D eigenvalue weighted by Gasteiger charge is 2.26. The Kier molecular flexibility index (Phi) is 3.76. The summed E-state index contributed by atoms with van der Waals surface area (Å²) in [5.41, 5.74) is 9.69. The van der Waals surface area contributed by atoms with Gasteiger partial charge in [0.1, 0.15) is 0 Å². The maximum absolute atomic E-state index is 5.87. The Labute approximate surface area is 116 Å². The lowest BCUT2D eigenvalue weighted by atomic mass is 10.0. The quantitative estimate of drug-likeness (QED) is 0.819. The Hall–Kier alpha value is -1.06. The number of rotatable bonds is 3. The predicted octanol–water partition coefficient (Wildman–Crippen LogP) is 2.33. The zero-order chi connectivity index (χ0) is 13.2. The summed E-state index contributed by atoms with van der Waals surface area (Å²) in [5.74, 6) is 0. The van der Waals surface area contributed by atoms with Crippen LogP contribution in [0.2, 0.25) is 0 Å². The van der Waals surface area contributed by atoms with Crippen LogP contribution >= 0.6 is 0 Å². The van der Waals surface area contributed by atoms with Crippen LogP contribution < -0.4 is 11.1 Å². The predicted molar refractivity (Wildman–Crippen MR) is 80.2 cm³/mol. The largest absolute Gasteiger partial charge is 0.399 e. The van der Waals surface area contributed by atoms with E-state index in [1.165, 1.54) is 56.4 Å². The minimum Gasteiger partial charge on any atom is -0.399 e. The average Bonchev–Trinajstić information content (AvgIpc) is 2.81. The molecular formula is C16H25N3. The first-order chi connectivity index (χ1) is 9.26. The number of benzene rings is 1. The van der Waals surface area contributed by atoms with E-state index in [2.05, 4.69) is 29.3 Å². The number of fused-ring (bicyclic) bond motifs is 1. The molecule has 1 aromatic rings. The SMILES string of the molecule is CCN1CCCC(NC2CCc3cc(N)ccc32)C1. The van der Waals surface area contributed by atoms with Gasteiger partial charge in [-0.1, -0.05) is 13.0 Å². The third-order valence-corrected chi connectivity index (χ3v) is 4.63. The molecule has 104 valence electrons. The summed E-state index contributed by atoms with van der Waals surface area (Å²) in [6.07, 6.45) is 5.04. The van der Waals surface area contributed by atoms with Crippen LogP contribution in [0.4, 0.5) is 5.69 Å². The zero-order valence-electron chi connectivity index (χ0n) is 11.9. The molecule has 2 unspecified atom stereocenters. The van der Waals surface area contributed by atoms with Gasteiger partial charge in [0.2, 0.25) is 0 Å². The lowest BCUT2D eigenvalue weighted by molar-refractivity contribution is 0.190. The molecule has 0 aromatic heterocycles. The molecule has 3 nitrogen and oxygen atoms in total. The van der Waals surface area contributed by atoms with Crippen molar-refractivity contribution >= 4 is 5.69 Å². The average molecular weight is 259 g/mol. The van der Waals surface area contributed by atoms with E-state index in [9.17, 15) is 0 Å². The van der Waals surface area contributed by atoms with Crippen molar-refractivity contribution in [1.29, 1.82) is 0 Å². The van der Waals surface area contributed by atoms with Crippen molar-refractivity contribution in [3.05, 3.63) is 29.3 Å². The molecule has 1 aromatic carbocycles. The van der Waals surface area contributed by atoms with Crippen LogP contribution in [0.3, 0.4) is 0 Å². The lowest BCUT2D eigenvalue weighted by Crippen LogP contribution is -2.46.